The maximum absolute atomic E-state index is 11.1. The molecule has 0 unspecified atom stereocenters. The first-order valence-corrected chi connectivity index (χ1v) is 3.77. The summed E-state index contributed by atoms with van der Waals surface area (Å²) in [6.45, 7) is 0. The van der Waals surface area contributed by atoms with E-state index >= 15 is 0 Å². The van der Waals surface area contributed by atoms with Crippen LogP contribution in [0.2, 0.25) is 0 Å². The fraction of sp³-hybridized carbons (Fsp3) is 0.111. The van der Waals surface area contributed by atoms with Gasteiger partial charge >= 0.3 is 5.97 Å². The van der Waals surface area contributed by atoms with E-state index in [0.29, 0.717) is 11.1 Å². The van der Waals surface area contributed by atoms with Crippen LogP contribution >= 0.6 is 0 Å². The average Bonchev–Trinajstić information content (AvgIpc) is 2.63. The normalized spacial score (nSPS) is 8.87. The summed E-state index contributed by atoms with van der Waals surface area (Å²) in [4.78, 5) is 19.1. The Labute approximate surface area is 120 Å². The summed E-state index contributed by atoms with van der Waals surface area (Å²) in [6, 6.07) is 5.08. The number of carbonyl (C=O) groups excluding carboxylic acids is 1. The molecule has 0 amide bonds. The van der Waals surface area contributed by atoms with Crippen LogP contribution in [0.1, 0.15) is 10.4 Å². The maximum Gasteiger partial charge on any atom is 0.337 e. The molecule has 0 aliphatic heterocycles. The van der Waals surface area contributed by atoms with Crippen molar-refractivity contribution in [3.8, 4) is 0 Å². The number of methoxy groups -OCH3 is 1. The van der Waals surface area contributed by atoms with Gasteiger partial charge in [0.05, 0.1) is 12.7 Å². The average molecular weight is 507 g/mol. The monoisotopic (exact) mass is 505 g/mol. The summed E-state index contributed by atoms with van der Waals surface area (Å²) in [6.07, 6.45) is 1.46. The first-order valence-electron chi connectivity index (χ1n) is 3.77. The smallest absolute Gasteiger partial charge is 0.337 e. The zero-order valence-electron chi connectivity index (χ0n) is 7.98. The number of benzene rings is 1. The molecule has 2 rings (SSSR count). The van der Waals surface area contributed by atoms with Crippen molar-refractivity contribution in [3.63, 3.8) is 0 Å². The summed E-state index contributed by atoms with van der Waals surface area (Å²) >= 11 is 0. The maximum atomic E-state index is 11.1. The van der Waals surface area contributed by atoms with Crippen molar-refractivity contribution in [1.29, 1.82) is 0 Å². The van der Waals surface area contributed by atoms with Crippen LogP contribution in [0, 0.1) is 14.3 Å². The Morgan fingerprint density at radius 2 is 2.20 bits per heavy atom. The van der Waals surface area contributed by atoms with E-state index in [1.165, 1.54) is 13.4 Å². The van der Waals surface area contributed by atoms with E-state index in [0.717, 1.165) is 5.52 Å². The van der Waals surface area contributed by atoms with Gasteiger partial charge in [-0.25, -0.2) is 4.79 Å². The number of aromatic nitrogens is 2. The minimum absolute atomic E-state index is 0. The van der Waals surface area contributed by atoms with Crippen LogP contribution in [0.5, 0.6) is 0 Å². The molecule has 0 aliphatic rings. The van der Waals surface area contributed by atoms with Gasteiger partial charge in [0.25, 0.3) is 0 Å². The van der Waals surface area contributed by atoms with Crippen LogP contribution in [-0.2, 0) is 37.4 Å². The largest absolute Gasteiger partial charge is 0.465 e. The van der Waals surface area contributed by atoms with Gasteiger partial charge in [-0.05, 0) is 23.2 Å². The van der Waals surface area contributed by atoms with Crippen LogP contribution < -0.4 is 4.98 Å². The number of fused-ring (bicyclic) bond motifs is 1. The molecule has 0 atom stereocenters. The van der Waals surface area contributed by atoms with Gasteiger partial charge in [0.15, 0.2) is 0 Å². The molecule has 6 heteroatoms. The Bertz CT molecular complexity index is 458. The molecule has 2 aromatic rings. The Morgan fingerprint density at radius 3 is 2.87 bits per heavy atom. The second-order valence-corrected chi connectivity index (χ2v) is 2.57. The molecule has 1 heterocycles. The zero-order chi connectivity index (χ0) is 9.26. The van der Waals surface area contributed by atoms with Crippen LogP contribution in [-0.4, -0.2) is 18.1 Å². The summed E-state index contributed by atoms with van der Waals surface area (Å²) in [5.41, 5.74) is 1.99. The van der Waals surface area contributed by atoms with Crippen molar-refractivity contribution in [2.24, 2.45) is 0 Å². The van der Waals surface area contributed by atoms with Gasteiger partial charge in [0.1, 0.15) is 0 Å². The third-order valence-electron chi connectivity index (χ3n) is 1.79. The second-order valence-electron chi connectivity index (χ2n) is 2.57. The first kappa shape index (κ1) is 14.7. The van der Waals surface area contributed by atoms with Crippen LogP contribution in [0.4, 0.5) is 0 Å². The number of esters is 1. The second kappa shape index (κ2) is 6.28. The molecule has 0 spiro atoms. The van der Waals surface area contributed by atoms with Crippen molar-refractivity contribution in [3.05, 3.63) is 30.1 Å². The predicted molar refractivity (Wildman–Crippen MR) is 46.4 cm³/mol. The number of hydrogen-bond donors (Lipinski definition) is 0. The van der Waals surface area contributed by atoms with Crippen molar-refractivity contribution < 1.29 is 56.5 Å². The number of imidazole rings is 1. The third-order valence-corrected chi connectivity index (χ3v) is 1.79. The van der Waals surface area contributed by atoms with E-state index in [1.807, 2.05) is 0 Å². The molecule has 0 saturated heterocycles. The van der Waals surface area contributed by atoms with Crippen LogP contribution in [0.15, 0.2) is 24.5 Å². The predicted octanol–water partition coefficient (Wildman–Crippen LogP) is 0.976. The Balaban J connectivity index is 0.000000980. The first-order chi connectivity index (χ1) is 6.31. The minimum Gasteiger partial charge on any atom is -0.465 e. The molecule has 0 fully saturated rings. The molecule has 2 radical (unpaired) electrons. The minimum atomic E-state index is -0.357. The number of hydrogen-bond acceptors (Lipinski definition) is 3. The quantitative estimate of drug-likeness (QED) is 0.541. The van der Waals surface area contributed by atoms with E-state index in [9.17, 15) is 4.79 Å². The molecule has 15 heavy (non-hydrogen) atoms. The van der Waals surface area contributed by atoms with E-state index in [4.69, 9.17) is 0 Å². The summed E-state index contributed by atoms with van der Waals surface area (Å²) < 4.78 is 4.57. The van der Waals surface area contributed by atoms with Gasteiger partial charge in [-0.3, -0.25) is 0 Å². The van der Waals surface area contributed by atoms with Gasteiger partial charge in [0, 0.05) is 47.0 Å². The molecule has 0 N–H and O–H groups in total. The molecule has 4 nitrogen and oxygen atoms in total. The van der Waals surface area contributed by atoms with Crippen LogP contribution in [0.3, 0.4) is 0 Å². The van der Waals surface area contributed by atoms with Crippen molar-refractivity contribution in [2.45, 2.75) is 0 Å². The SMILES string of the molecule is COC(=O)c1ccc2nc[n-]c2c1.[Am].[Y]. The molecule has 0 aliphatic carbocycles. The Hall–Kier alpha value is -0.346. The van der Waals surface area contributed by atoms with Gasteiger partial charge in [-0.1, -0.05) is 12.4 Å². The summed E-state index contributed by atoms with van der Waals surface area (Å²) in [5, 5.41) is 0. The molecule has 0 saturated carbocycles. The van der Waals surface area contributed by atoms with Gasteiger partial charge < -0.3 is 14.7 Å². The fourth-order valence-electron chi connectivity index (χ4n) is 1.13. The molecule has 1 aromatic carbocycles. The van der Waals surface area contributed by atoms with Crippen LogP contribution in [0.25, 0.3) is 11.0 Å². The van der Waals surface area contributed by atoms with E-state index in [1.54, 1.807) is 18.2 Å². The Morgan fingerprint density at radius 1 is 1.47 bits per heavy atom. The van der Waals surface area contributed by atoms with Gasteiger partial charge in [0.2, 0.25) is 0 Å². The summed E-state index contributed by atoms with van der Waals surface area (Å²) in [5.74, 6) is -0.357. The topological polar surface area (TPSA) is 53.3 Å². The summed E-state index contributed by atoms with van der Waals surface area (Å²) in [7, 11) is 1.35. The standard InChI is InChI=1S/C9H8N2O2.Am.Y/c1-13-9(12)6-2-3-7-8(4-6)11-5-10-7;;/h2-5H,1H3,(H,10,11,12);;/p-1. The fourth-order valence-corrected chi connectivity index (χ4v) is 1.13. The molecule has 76 valence electrons. The molecular formula is C9H7AmN2O2Y-. The van der Waals surface area contributed by atoms with Crippen molar-refractivity contribution in [2.75, 3.05) is 7.11 Å². The van der Waals surface area contributed by atoms with E-state index in [2.05, 4.69) is 14.7 Å². The van der Waals surface area contributed by atoms with E-state index in [-0.39, 0.29) is 53.0 Å². The molecule has 1 aromatic heterocycles. The zero-order valence-corrected chi connectivity index (χ0v) is 14.0. The number of rotatable bonds is 1. The molecule has 0 bridgehead atoms. The third kappa shape index (κ3) is 3.05. The number of nitrogens with zero attached hydrogens (tertiary/aromatic N) is 2. The van der Waals surface area contributed by atoms with Gasteiger partial charge in [-0.2, -0.15) is 0 Å². The van der Waals surface area contributed by atoms with Crippen molar-refractivity contribution in [1.82, 2.24) is 9.97 Å². The molecular weight excluding hydrogens is 500 g/mol. The number of ether oxygens (including phenoxy) is 1. The number of carbonyl (C=O) groups is 1. The van der Waals surface area contributed by atoms with E-state index < -0.39 is 0 Å². The van der Waals surface area contributed by atoms with Gasteiger partial charge in [-0.15, -0.1) is 0 Å². The van der Waals surface area contributed by atoms with Crippen molar-refractivity contribution >= 4 is 17.0 Å². The Kier molecular flexibility index (Phi) is 6.14.